The number of aromatic nitrogens is 4. The molecular formula is C99H100F3N9O13. The van der Waals surface area contributed by atoms with Crippen LogP contribution < -0.4 is 34.8 Å². The van der Waals surface area contributed by atoms with Crippen LogP contribution in [-0.2, 0) is 44.9 Å². The van der Waals surface area contributed by atoms with E-state index in [2.05, 4.69) is 19.9 Å². The molecule has 124 heavy (non-hydrogen) atoms. The van der Waals surface area contributed by atoms with Gasteiger partial charge in [0.2, 0.25) is 41.4 Å². The molecule has 0 saturated heterocycles. The summed E-state index contributed by atoms with van der Waals surface area (Å²) in [5.74, 6) is -2.11. The van der Waals surface area contributed by atoms with E-state index in [0.29, 0.717) is 78.9 Å². The molecule has 0 atom stereocenters. The Kier molecular flexibility index (Phi) is 33.7. The summed E-state index contributed by atoms with van der Waals surface area (Å²) in [6, 6.07) is 60.5. The molecule has 0 unspecified atom stereocenters. The molecule has 25 heteroatoms. The van der Waals surface area contributed by atoms with Gasteiger partial charge in [0.05, 0.1) is 42.2 Å². The zero-order chi connectivity index (χ0) is 89.8. The molecule has 640 valence electrons. The van der Waals surface area contributed by atoms with Gasteiger partial charge in [-0.05, 0) is 216 Å². The van der Waals surface area contributed by atoms with Gasteiger partial charge in [-0.25, -0.2) is 14.4 Å². The second-order valence-corrected chi connectivity index (χ2v) is 28.9. The lowest BCUT2D eigenvalue weighted by Gasteiger charge is -2.18. The van der Waals surface area contributed by atoms with Crippen LogP contribution in [0, 0.1) is 24.6 Å². The number of methoxy groups -OCH3 is 2. The second-order valence-electron chi connectivity index (χ2n) is 28.9. The summed E-state index contributed by atoms with van der Waals surface area (Å²) in [7, 11) is 9.71. The summed E-state index contributed by atoms with van der Waals surface area (Å²) in [5, 5.41) is 31.3. The van der Waals surface area contributed by atoms with Crippen LogP contribution in [-0.4, -0.2) is 124 Å². The Hall–Kier alpha value is -14.5. The van der Waals surface area contributed by atoms with Gasteiger partial charge in [-0.15, -0.1) is 0 Å². The molecular weight excluding hydrogens is 1580 g/mol. The first kappa shape index (κ1) is 93.4. The van der Waals surface area contributed by atoms with E-state index in [1.165, 1.54) is 37.3 Å². The molecule has 0 aliphatic carbocycles. The quantitative estimate of drug-likeness (QED) is 0.0240. The fraction of sp³-hybridized carbons (Fsp3) is 0.232. The van der Waals surface area contributed by atoms with Gasteiger partial charge in [-0.1, -0.05) is 113 Å². The number of benzene rings is 8. The monoisotopic (exact) mass is 1680 g/mol. The van der Waals surface area contributed by atoms with Gasteiger partial charge in [0, 0.05) is 132 Å². The number of nitrogen functional groups attached to an aromatic ring is 1. The number of phenols is 3. The number of carbonyl (C=O) groups excluding carboxylic acids is 8. The van der Waals surface area contributed by atoms with Gasteiger partial charge < -0.3 is 50.1 Å². The van der Waals surface area contributed by atoms with Gasteiger partial charge in [0.15, 0.2) is 23.1 Å². The fourth-order valence-electron chi connectivity index (χ4n) is 13.4. The van der Waals surface area contributed by atoms with Crippen molar-refractivity contribution in [2.45, 2.75) is 112 Å². The molecule has 22 nitrogen and oxygen atoms in total. The number of halogens is 3. The normalized spacial score (nSPS) is 10.6. The molecule has 12 aromatic rings. The molecule has 4 aromatic heterocycles. The highest BCUT2D eigenvalue weighted by Crippen LogP contribution is 2.36. The molecule has 5 N–H and O–H groups in total. The summed E-state index contributed by atoms with van der Waals surface area (Å²) in [5.41, 5.74) is 19.6. The van der Waals surface area contributed by atoms with Crippen molar-refractivity contribution in [2.24, 2.45) is 0 Å². The number of phenolic OH excluding ortho intramolecular Hbond substituents is 3. The number of aryl methyl sites for hydroxylation is 5. The fourth-order valence-corrected chi connectivity index (χ4v) is 13.4. The first-order chi connectivity index (χ1) is 59.5. The van der Waals surface area contributed by atoms with Crippen molar-refractivity contribution in [3.05, 3.63) is 299 Å². The average molecular weight is 1680 g/mol. The molecule has 0 spiro atoms. The third-order valence-electron chi connectivity index (χ3n) is 21.0. The highest BCUT2D eigenvalue weighted by molar-refractivity contribution is 6.03. The average Bonchev–Trinajstić information content (AvgIpc) is 0.803. The summed E-state index contributed by atoms with van der Waals surface area (Å²) in [6.45, 7) is 9.11. The topological polar surface area (TPSA) is 306 Å². The number of Topliss-reactive ketones (excluding diaryl/α,β-unsaturated/α-hetero) is 4. The molecule has 0 bridgehead atoms. The summed E-state index contributed by atoms with van der Waals surface area (Å²) < 4.78 is 51.9. The maximum absolute atomic E-state index is 14.7. The third kappa shape index (κ3) is 24.6. The molecule has 0 radical (unpaired) electrons. The Balaban J connectivity index is 0.000000187. The number of rotatable bonds is 30. The maximum atomic E-state index is 14.7. The first-order valence-corrected chi connectivity index (χ1v) is 40.4. The molecule has 8 aromatic carbocycles. The van der Waals surface area contributed by atoms with E-state index in [1.807, 2.05) is 137 Å². The van der Waals surface area contributed by atoms with Crippen LogP contribution >= 0.6 is 0 Å². The molecule has 0 aliphatic heterocycles. The third-order valence-corrected chi connectivity index (χ3v) is 21.0. The van der Waals surface area contributed by atoms with E-state index in [4.69, 9.17) is 15.2 Å². The second kappa shape index (κ2) is 44.7. The van der Waals surface area contributed by atoms with Crippen LogP contribution in [0.15, 0.2) is 231 Å². The first-order valence-electron chi connectivity index (χ1n) is 40.4. The molecule has 4 heterocycles. The Morgan fingerprint density at radius 1 is 0.371 bits per heavy atom. The number of ether oxygens (including phenoxy) is 2. The number of nitrogens with zero attached hydrogens (tertiary/aromatic N) is 8. The lowest BCUT2D eigenvalue weighted by molar-refractivity contribution is -0.118. The number of nitrogens with two attached hydrogens (primary N) is 1. The van der Waals surface area contributed by atoms with Crippen molar-refractivity contribution in [1.82, 2.24) is 19.9 Å². The van der Waals surface area contributed by atoms with Gasteiger partial charge in [0.1, 0.15) is 34.6 Å². The van der Waals surface area contributed by atoms with E-state index in [9.17, 15) is 66.8 Å². The Labute approximate surface area is 719 Å². The van der Waals surface area contributed by atoms with Crippen LogP contribution in [0.1, 0.15) is 148 Å². The van der Waals surface area contributed by atoms with E-state index in [0.717, 1.165) is 78.9 Å². The van der Waals surface area contributed by atoms with Gasteiger partial charge in [-0.3, -0.25) is 43.3 Å². The molecule has 0 saturated carbocycles. The smallest absolute Gasteiger partial charge is 0.226 e. The number of amides is 4. The number of pyridine rings is 4. The number of anilines is 5. The number of ketones is 4. The predicted molar refractivity (Wildman–Crippen MR) is 477 cm³/mol. The summed E-state index contributed by atoms with van der Waals surface area (Å²) in [6.07, 6.45) is 8.90. The minimum atomic E-state index is -0.943. The van der Waals surface area contributed by atoms with Crippen molar-refractivity contribution in [3.63, 3.8) is 0 Å². The zero-order valence-corrected chi connectivity index (χ0v) is 71.1. The number of aromatic hydroxyl groups is 3. The number of hydrogen-bond acceptors (Lipinski definition) is 18. The largest absolute Gasteiger partial charge is 0.507 e. The molecule has 0 aliphatic rings. The van der Waals surface area contributed by atoms with Crippen molar-refractivity contribution >= 4 is 75.3 Å². The van der Waals surface area contributed by atoms with Crippen molar-refractivity contribution < 1.29 is 76.3 Å². The van der Waals surface area contributed by atoms with E-state index >= 15 is 0 Å². The van der Waals surface area contributed by atoms with E-state index in [1.54, 1.807) is 147 Å². The lowest BCUT2D eigenvalue weighted by atomic mass is 9.98. The molecule has 12 rings (SSSR count). The van der Waals surface area contributed by atoms with E-state index < -0.39 is 17.7 Å². The zero-order valence-electron chi connectivity index (χ0n) is 71.1. The van der Waals surface area contributed by atoms with Gasteiger partial charge in [0.25, 0.3) is 0 Å². The van der Waals surface area contributed by atoms with Crippen LogP contribution in [0.3, 0.4) is 0 Å². The number of hydrogen-bond donors (Lipinski definition) is 4. The van der Waals surface area contributed by atoms with Gasteiger partial charge >= 0.3 is 0 Å². The van der Waals surface area contributed by atoms with Gasteiger partial charge in [-0.2, -0.15) is 13.8 Å². The summed E-state index contributed by atoms with van der Waals surface area (Å²) >= 11 is 0. The van der Waals surface area contributed by atoms with Crippen molar-refractivity contribution in [3.8, 4) is 73.4 Å². The highest BCUT2D eigenvalue weighted by Gasteiger charge is 2.23. The van der Waals surface area contributed by atoms with Crippen molar-refractivity contribution in [1.29, 1.82) is 0 Å². The minimum Gasteiger partial charge on any atom is -0.507 e. The Morgan fingerprint density at radius 2 is 0.718 bits per heavy atom. The van der Waals surface area contributed by atoms with Crippen LogP contribution in [0.4, 0.5) is 41.7 Å². The maximum Gasteiger partial charge on any atom is 0.226 e. The van der Waals surface area contributed by atoms with Crippen molar-refractivity contribution in [2.75, 3.05) is 67.7 Å². The number of carbonyl (C=O) groups is 8. The minimum absolute atomic E-state index is 0.0252. The van der Waals surface area contributed by atoms with Crippen LogP contribution in [0.5, 0.6) is 28.9 Å². The summed E-state index contributed by atoms with van der Waals surface area (Å²) in [4.78, 5) is 119. The van der Waals surface area contributed by atoms with E-state index in [-0.39, 0.29) is 124 Å². The Bertz CT molecular complexity index is 5640. The SMILES string of the molecule is CCC(=O)N(C)c1ccc(-c2ccc(C(=O)CCc3ccc(F)nc3F)c(OC)c2)cc1F.CCC(=O)N(C)c1ccc(-c2ccc(C(=O)CCc3cccnc3C)c(O)c2)cc1.CCC(=O)N(C)c1ccc(-c2ccc(C(=O)CCc3cccnc3N)c(O)c2)cc1.CCC(=O)N(C)c1ccc(-c2ccc(C(=O)CCc3cccnc3OC)c(O)c2)cc1. The highest BCUT2D eigenvalue weighted by atomic mass is 19.1. The standard InChI is InChI=1S/C25H23F3N2O3.C25H26N2O4.C25H26N2O3.C24H25N3O3/c1-4-24(32)30(2)20-10-6-16(13-19(20)26)17-5-9-18(22(14-17)33-3)21(31)11-7-15-8-12-23(27)29-25(15)28;1-4-24(30)27(2)20-11-7-17(8-12-20)19-9-13-21(23(29)16-19)22(28)14-10-18-6-5-15-26-25(18)31-3;1-4-25(30)27(3)21-11-7-19(8-12-21)20-9-13-22(24(29)16-20)23(28)14-10-18-6-5-15-26-17(18)2;1-3-23(30)27(2)19-10-6-16(7-11-19)18-8-12-20(22(29)15-18)21(28)13-9-17-5-4-14-26-24(17)25/h5-6,8-10,12-14H,4,7,11H2,1-3H3;5-9,11-13,15-16,29H,4,10,14H2,1-3H3;5-9,11-13,15-16,29H,4,10,14H2,1-3H3;4-8,10-12,14-15,29H,3,9,13H2,1-2H3,(H2,25,26). The lowest BCUT2D eigenvalue weighted by Crippen LogP contribution is -2.25. The van der Waals surface area contributed by atoms with Crippen LogP contribution in [0.25, 0.3) is 44.5 Å². The molecule has 0 fully saturated rings. The van der Waals surface area contributed by atoms with Crippen LogP contribution in [0.2, 0.25) is 0 Å². The Morgan fingerprint density at radius 3 is 1.11 bits per heavy atom. The molecule has 4 amide bonds. The predicted octanol–water partition coefficient (Wildman–Crippen LogP) is 19.2.